The normalized spacial score (nSPS) is 23.4. The number of hydrogen-bond donors (Lipinski definition) is 2. The van der Waals surface area contributed by atoms with E-state index in [2.05, 4.69) is 10.4 Å². The Morgan fingerprint density at radius 2 is 1.67 bits per heavy atom. The number of likely N-dealkylation sites (N-methyl/N-ethyl adjacent to an activating group) is 1. The van der Waals surface area contributed by atoms with E-state index < -0.39 is 5.72 Å². The quantitative estimate of drug-likeness (QED) is 0.882. The van der Waals surface area contributed by atoms with Crippen LogP contribution in [0.4, 0.5) is 0 Å². The molecule has 0 bridgehead atoms. The fraction of sp³-hybridized carbons (Fsp3) is 0.235. The van der Waals surface area contributed by atoms with Gasteiger partial charge < -0.3 is 5.11 Å². The third-order valence-corrected chi connectivity index (χ3v) is 3.64. The van der Waals surface area contributed by atoms with Gasteiger partial charge in [0, 0.05) is 24.7 Å². The molecule has 2 aromatic carbocycles. The molecule has 1 aliphatic heterocycles. The van der Waals surface area contributed by atoms with Gasteiger partial charge in [0.2, 0.25) is 0 Å². The average Bonchev–Trinajstić information content (AvgIpc) is 2.68. The summed E-state index contributed by atoms with van der Waals surface area (Å²) < 4.78 is 0. The van der Waals surface area contributed by atoms with E-state index in [4.69, 9.17) is 0 Å². The van der Waals surface area contributed by atoms with Crippen molar-refractivity contribution in [1.29, 1.82) is 0 Å². The Morgan fingerprint density at radius 3 is 2.33 bits per heavy atom. The molecule has 0 fully saturated rings. The second-order valence-corrected chi connectivity index (χ2v) is 5.21. The molecule has 1 atom stereocenters. The number of rotatable bonds is 2. The maximum Gasteiger partial charge on any atom is 0.198 e. The van der Waals surface area contributed by atoms with Gasteiger partial charge in [-0.2, -0.15) is 0 Å². The molecule has 0 radical (unpaired) electrons. The summed E-state index contributed by atoms with van der Waals surface area (Å²) in [4.78, 5) is 4.64. The van der Waals surface area contributed by atoms with Crippen molar-refractivity contribution in [1.82, 2.24) is 10.4 Å². The topological polar surface area (TPSA) is 47.9 Å². The summed E-state index contributed by atoms with van der Waals surface area (Å²) in [6.45, 7) is 1.38. The standard InChI is InChI=1S/C17H19N3O/c1-20-13-12-18-16(14-8-4-2-5-9-14)17(21,19-20)15-10-6-3-7-11-15/h2-11,19,21H,12-13H2,1H3. The Labute approximate surface area is 124 Å². The van der Waals surface area contributed by atoms with Crippen molar-refractivity contribution in [3.05, 3.63) is 71.8 Å². The lowest BCUT2D eigenvalue weighted by atomic mass is 9.93. The molecular formula is C17H19N3O. The summed E-state index contributed by atoms with van der Waals surface area (Å²) >= 11 is 0. The molecule has 0 amide bonds. The van der Waals surface area contributed by atoms with E-state index in [1.807, 2.05) is 72.7 Å². The number of nitrogens with one attached hydrogen (secondary N) is 1. The molecule has 4 nitrogen and oxygen atoms in total. The van der Waals surface area contributed by atoms with Gasteiger partial charge in [-0.25, -0.2) is 10.4 Å². The number of benzene rings is 2. The monoisotopic (exact) mass is 281 g/mol. The molecule has 2 aromatic rings. The summed E-state index contributed by atoms with van der Waals surface area (Å²) in [7, 11) is 1.91. The zero-order valence-corrected chi connectivity index (χ0v) is 12.0. The number of hydrogen-bond acceptors (Lipinski definition) is 4. The third kappa shape index (κ3) is 2.74. The molecule has 0 saturated heterocycles. The largest absolute Gasteiger partial charge is 0.365 e. The van der Waals surface area contributed by atoms with Gasteiger partial charge >= 0.3 is 0 Å². The van der Waals surface area contributed by atoms with Gasteiger partial charge in [0.15, 0.2) is 5.72 Å². The Kier molecular flexibility index (Phi) is 3.84. The highest BCUT2D eigenvalue weighted by Gasteiger charge is 2.38. The van der Waals surface area contributed by atoms with Gasteiger partial charge in [-0.15, -0.1) is 0 Å². The minimum absolute atomic E-state index is 0.642. The molecule has 1 aliphatic rings. The van der Waals surface area contributed by atoms with Crippen LogP contribution in [0.1, 0.15) is 11.1 Å². The van der Waals surface area contributed by atoms with Gasteiger partial charge in [-0.05, 0) is 0 Å². The van der Waals surface area contributed by atoms with Gasteiger partial charge in [0.25, 0.3) is 0 Å². The molecule has 0 spiro atoms. The van der Waals surface area contributed by atoms with E-state index in [1.165, 1.54) is 0 Å². The molecule has 21 heavy (non-hydrogen) atoms. The molecule has 3 rings (SSSR count). The zero-order chi connectivity index (χ0) is 14.7. The first-order chi connectivity index (χ1) is 10.2. The van der Waals surface area contributed by atoms with Crippen LogP contribution in [-0.4, -0.2) is 36.0 Å². The molecule has 108 valence electrons. The minimum Gasteiger partial charge on any atom is -0.365 e. The van der Waals surface area contributed by atoms with Crippen molar-refractivity contribution in [3.63, 3.8) is 0 Å². The average molecular weight is 281 g/mol. The van der Waals surface area contributed by atoms with Gasteiger partial charge in [-0.1, -0.05) is 60.7 Å². The Balaban J connectivity index is 2.12. The Morgan fingerprint density at radius 1 is 1.05 bits per heavy atom. The minimum atomic E-state index is -1.33. The van der Waals surface area contributed by atoms with E-state index in [0.717, 1.165) is 17.7 Å². The molecule has 0 aromatic heterocycles. The lowest BCUT2D eigenvalue weighted by Crippen LogP contribution is -2.54. The van der Waals surface area contributed by atoms with Gasteiger partial charge in [-0.3, -0.25) is 4.99 Å². The Bertz CT molecular complexity index is 627. The maximum atomic E-state index is 11.3. The second-order valence-electron chi connectivity index (χ2n) is 5.21. The predicted octanol–water partition coefficient (Wildman–Crippen LogP) is 1.77. The predicted molar refractivity (Wildman–Crippen MR) is 84.0 cm³/mol. The molecule has 2 N–H and O–H groups in total. The van der Waals surface area contributed by atoms with Crippen LogP contribution in [-0.2, 0) is 5.72 Å². The number of nitrogens with zero attached hydrogens (tertiary/aromatic N) is 2. The first-order valence-corrected chi connectivity index (χ1v) is 7.07. The summed E-state index contributed by atoms with van der Waals surface area (Å²) in [6.07, 6.45) is 0. The van der Waals surface area contributed by atoms with Crippen LogP contribution >= 0.6 is 0 Å². The third-order valence-electron chi connectivity index (χ3n) is 3.64. The van der Waals surface area contributed by atoms with Crippen molar-refractivity contribution >= 4 is 5.71 Å². The van der Waals surface area contributed by atoms with E-state index >= 15 is 0 Å². The van der Waals surface area contributed by atoms with E-state index in [-0.39, 0.29) is 0 Å². The van der Waals surface area contributed by atoms with Crippen molar-refractivity contribution in [2.45, 2.75) is 5.72 Å². The summed E-state index contributed by atoms with van der Waals surface area (Å²) in [5.41, 5.74) is 4.21. The first kappa shape index (κ1) is 13.9. The van der Waals surface area contributed by atoms with Crippen LogP contribution in [0.15, 0.2) is 65.7 Å². The van der Waals surface area contributed by atoms with Gasteiger partial charge in [0.1, 0.15) is 0 Å². The fourth-order valence-corrected chi connectivity index (χ4v) is 2.59. The SMILES string of the molecule is CN1CCN=C(c2ccccc2)C(O)(c2ccccc2)N1. The van der Waals surface area contributed by atoms with Crippen LogP contribution in [0.25, 0.3) is 0 Å². The first-order valence-electron chi connectivity index (χ1n) is 7.07. The van der Waals surface area contributed by atoms with Crippen LogP contribution < -0.4 is 5.43 Å². The highest BCUT2D eigenvalue weighted by atomic mass is 16.3. The smallest absolute Gasteiger partial charge is 0.198 e. The molecule has 1 unspecified atom stereocenters. The molecular weight excluding hydrogens is 262 g/mol. The van der Waals surface area contributed by atoms with Crippen LogP contribution in [0.5, 0.6) is 0 Å². The van der Waals surface area contributed by atoms with Crippen molar-refractivity contribution in [2.24, 2.45) is 4.99 Å². The van der Waals surface area contributed by atoms with Crippen LogP contribution in [0.3, 0.4) is 0 Å². The van der Waals surface area contributed by atoms with E-state index in [0.29, 0.717) is 12.3 Å². The number of aliphatic imine (C=N–C) groups is 1. The lowest BCUT2D eigenvalue weighted by Gasteiger charge is -2.33. The maximum absolute atomic E-state index is 11.3. The molecule has 0 aliphatic carbocycles. The van der Waals surface area contributed by atoms with Crippen LogP contribution in [0, 0.1) is 0 Å². The lowest BCUT2D eigenvalue weighted by molar-refractivity contribution is 0.00324. The van der Waals surface area contributed by atoms with Crippen molar-refractivity contribution < 1.29 is 5.11 Å². The second kappa shape index (κ2) is 5.77. The molecule has 1 heterocycles. The van der Waals surface area contributed by atoms with Gasteiger partial charge in [0.05, 0.1) is 12.3 Å². The van der Waals surface area contributed by atoms with Crippen molar-refractivity contribution in [3.8, 4) is 0 Å². The van der Waals surface area contributed by atoms with Crippen molar-refractivity contribution in [2.75, 3.05) is 20.1 Å². The van der Waals surface area contributed by atoms with E-state index in [1.54, 1.807) is 0 Å². The zero-order valence-electron chi connectivity index (χ0n) is 12.0. The highest BCUT2D eigenvalue weighted by Crippen LogP contribution is 2.25. The summed E-state index contributed by atoms with van der Waals surface area (Å²) in [5, 5.41) is 13.2. The summed E-state index contributed by atoms with van der Waals surface area (Å²) in [6, 6.07) is 19.4. The van der Waals surface area contributed by atoms with Crippen LogP contribution in [0.2, 0.25) is 0 Å². The molecule has 0 saturated carbocycles. The summed E-state index contributed by atoms with van der Waals surface area (Å²) in [5.74, 6) is 0. The van der Waals surface area contributed by atoms with E-state index in [9.17, 15) is 5.11 Å². The Hall–Kier alpha value is -2.01. The highest BCUT2D eigenvalue weighted by molar-refractivity contribution is 6.06. The number of hydrazine groups is 1. The molecule has 4 heteroatoms. The number of aliphatic hydroxyl groups is 1. The fourth-order valence-electron chi connectivity index (χ4n) is 2.59.